The molecule has 109 valence electrons. The normalized spacial score (nSPS) is 10.8. The van der Waals surface area contributed by atoms with E-state index in [-0.39, 0.29) is 63.1 Å². The molecule has 0 aliphatic carbocycles. The van der Waals surface area contributed by atoms with Crippen molar-refractivity contribution in [1.82, 2.24) is 0 Å². The Labute approximate surface area is 159 Å². The van der Waals surface area contributed by atoms with Crippen LogP contribution in [-0.2, 0) is 19.6 Å². The van der Waals surface area contributed by atoms with Gasteiger partial charge in [-0.3, -0.25) is 9.35 Å². The molecule has 0 unspecified atom stereocenters. The molecule has 0 rings (SSSR count). The van der Waals surface area contributed by atoms with Gasteiger partial charge in [-0.15, -0.1) is 0 Å². The maximum absolute atomic E-state index is 10.5. The summed E-state index contributed by atoms with van der Waals surface area (Å²) in [6, 6.07) is 0. The van der Waals surface area contributed by atoms with Crippen molar-refractivity contribution in [3.05, 3.63) is 0 Å². The number of esters is 1. The van der Waals surface area contributed by atoms with Crippen LogP contribution in [0.25, 0.3) is 0 Å². The molecule has 0 aliphatic rings. The van der Waals surface area contributed by atoms with Gasteiger partial charge in [0.25, 0.3) is 10.1 Å². The molecule has 1 radical (unpaired) electrons. The van der Waals surface area contributed by atoms with Crippen molar-refractivity contribution in [2.75, 3.05) is 12.4 Å². The first-order valence-corrected chi connectivity index (χ1v) is 8.11. The van der Waals surface area contributed by atoms with Crippen LogP contribution < -0.4 is 0 Å². The second kappa shape index (κ2) is 14.0. The van der Waals surface area contributed by atoms with Crippen LogP contribution in [0.15, 0.2) is 0 Å². The Bertz CT molecular complexity index is 316. The van der Waals surface area contributed by atoms with Crippen molar-refractivity contribution in [3.8, 4) is 0 Å². The van der Waals surface area contributed by atoms with Gasteiger partial charge in [0.05, 0.1) is 12.4 Å². The van der Waals surface area contributed by atoms with Crippen molar-refractivity contribution in [1.29, 1.82) is 0 Å². The van der Waals surface area contributed by atoms with E-state index in [1.54, 1.807) is 0 Å². The van der Waals surface area contributed by atoms with Gasteiger partial charge in [0, 0.05) is 58.3 Å². The minimum absolute atomic E-state index is 0. The van der Waals surface area contributed by atoms with Crippen LogP contribution in [0.5, 0.6) is 0 Å². The van der Waals surface area contributed by atoms with Crippen molar-refractivity contribution < 1.29 is 22.5 Å². The summed E-state index contributed by atoms with van der Waals surface area (Å²) in [6.07, 6.45) is 7.64. The van der Waals surface area contributed by atoms with Gasteiger partial charge < -0.3 is 4.74 Å². The molecular weight excluding hydrogens is 295 g/mol. The zero-order valence-corrected chi connectivity index (χ0v) is 16.0. The summed E-state index contributed by atoms with van der Waals surface area (Å²) >= 11 is 0. The average Bonchev–Trinajstić information content (AvgIpc) is 2.24. The van der Waals surface area contributed by atoms with Gasteiger partial charge in [0.2, 0.25) is 0 Å². The number of unbranched alkanes of at least 4 members (excludes halogenated alkanes) is 7. The smallest absolute Gasteiger partial charge is 0.302 e. The Morgan fingerprint density at radius 1 is 0.947 bits per heavy atom. The van der Waals surface area contributed by atoms with E-state index >= 15 is 0 Å². The number of hydrogen-bond acceptors (Lipinski definition) is 4. The molecule has 5 nitrogen and oxygen atoms in total. The van der Waals surface area contributed by atoms with E-state index < -0.39 is 10.1 Å². The summed E-state index contributed by atoms with van der Waals surface area (Å²) in [4.78, 5) is 10.5. The molecular formula is C12H24KO5S. The van der Waals surface area contributed by atoms with Crippen molar-refractivity contribution >= 4 is 67.5 Å². The average molecular weight is 319 g/mol. The first kappa shape index (κ1) is 22.3. The fraction of sp³-hybridized carbons (Fsp3) is 0.917. The number of carbonyl (C=O) groups is 1. The van der Waals surface area contributed by atoms with Crippen molar-refractivity contribution in [2.45, 2.75) is 58.3 Å². The van der Waals surface area contributed by atoms with Crippen LogP contribution in [0, 0.1) is 0 Å². The largest absolute Gasteiger partial charge is 0.466 e. The Balaban J connectivity index is 0. The Hall–Kier alpha value is 1.02. The molecule has 1 N–H and O–H groups in total. The van der Waals surface area contributed by atoms with E-state index in [1.165, 1.54) is 6.92 Å². The third-order valence-corrected chi connectivity index (χ3v) is 3.41. The fourth-order valence-corrected chi connectivity index (χ4v) is 2.23. The quantitative estimate of drug-likeness (QED) is 0.273. The third kappa shape index (κ3) is 21.5. The molecule has 0 aromatic heterocycles. The molecule has 0 aromatic rings. The summed E-state index contributed by atoms with van der Waals surface area (Å²) in [5, 5.41) is 0. The summed E-state index contributed by atoms with van der Waals surface area (Å²) in [6.45, 7) is 1.91. The standard InChI is InChI=1S/C12H24O5S.K/c1-12(13)17-10-8-6-4-2-3-5-7-9-11-18(14,15)16;/h2-11H2,1H3,(H,14,15,16);. The third-order valence-electron chi connectivity index (χ3n) is 2.60. The predicted octanol–water partition coefficient (Wildman–Crippen LogP) is 2.18. The Morgan fingerprint density at radius 3 is 1.79 bits per heavy atom. The van der Waals surface area contributed by atoms with E-state index in [1.807, 2.05) is 0 Å². The Kier molecular flexibility index (Phi) is 16.4. The summed E-state index contributed by atoms with van der Waals surface area (Å²) < 4.78 is 34.2. The summed E-state index contributed by atoms with van der Waals surface area (Å²) in [5.74, 6) is -0.358. The molecule has 0 aromatic carbocycles. The van der Waals surface area contributed by atoms with Crippen LogP contribution in [0.4, 0.5) is 0 Å². The van der Waals surface area contributed by atoms with E-state index in [4.69, 9.17) is 9.29 Å². The molecule has 0 aliphatic heterocycles. The van der Waals surface area contributed by atoms with Crippen LogP contribution in [0.3, 0.4) is 0 Å². The Morgan fingerprint density at radius 2 is 1.37 bits per heavy atom. The molecule has 0 amide bonds. The number of ether oxygens (including phenoxy) is 1. The molecule has 0 fully saturated rings. The van der Waals surface area contributed by atoms with Crippen LogP contribution in [0.1, 0.15) is 58.3 Å². The summed E-state index contributed by atoms with van der Waals surface area (Å²) in [7, 11) is -3.78. The van der Waals surface area contributed by atoms with E-state index in [0.717, 1.165) is 44.9 Å². The molecule has 0 bridgehead atoms. The first-order chi connectivity index (χ1) is 8.42. The van der Waals surface area contributed by atoms with E-state index in [9.17, 15) is 13.2 Å². The van der Waals surface area contributed by atoms with Gasteiger partial charge in [-0.2, -0.15) is 8.42 Å². The van der Waals surface area contributed by atoms with Gasteiger partial charge in [-0.25, -0.2) is 0 Å². The molecule has 0 atom stereocenters. The zero-order chi connectivity index (χ0) is 13.9. The fourth-order valence-electron chi connectivity index (χ4n) is 1.66. The second-order valence-electron chi connectivity index (χ2n) is 4.45. The molecule has 7 heteroatoms. The molecule has 19 heavy (non-hydrogen) atoms. The minimum Gasteiger partial charge on any atom is -0.466 e. The monoisotopic (exact) mass is 319 g/mol. The number of hydrogen-bond donors (Lipinski definition) is 1. The number of rotatable bonds is 11. The van der Waals surface area contributed by atoms with Gasteiger partial charge in [0.1, 0.15) is 0 Å². The van der Waals surface area contributed by atoms with Crippen molar-refractivity contribution in [3.63, 3.8) is 0 Å². The second-order valence-corrected chi connectivity index (χ2v) is 6.03. The van der Waals surface area contributed by atoms with Crippen LogP contribution >= 0.6 is 0 Å². The van der Waals surface area contributed by atoms with Gasteiger partial charge >= 0.3 is 5.97 Å². The SMILES string of the molecule is CC(=O)OCCCCCCCCCCS(=O)(=O)O.[K]. The topological polar surface area (TPSA) is 80.7 Å². The number of carbonyl (C=O) groups excluding carboxylic acids is 1. The van der Waals surface area contributed by atoms with Crippen LogP contribution in [-0.4, -0.2) is 82.7 Å². The molecule has 0 saturated heterocycles. The zero-order valence-electron chi connectivity index (χ0n) is 12.1. The maximum atomic E-state index is 10.5. The minimum atomic E-state index is -3.78. The molecule has 0 saturated carbocycles. The van der Waals surface area contributed by atoms with Gasteiger partial charge in [-0.05, 0) is 12.8 Å². The van der Waals surface area contributed by atoms with Gasteiger partial charge in [0.15, 0.2) is 0 Å². The van der Waals surface area contributed by atoms with E-state index in [2.05, 4.69) is 0 Å². The van der Waals surface area contributed by atoms with Crippen LogP contribution in [0.2, 0.25) is 0 Å². The van der Waals surface area contributed by atoms with E-state index in [0.29, 0.717) is 13.0 Å². The van der Waals surface area contributed by atoms with Gasteiger partial charge in [-0.1, -0.05) is 38.5 Å². The van der Waals surface area contributed by atoms with Crippen molar-refractivity contribution in [2.24, 2.45) is 0 Å². The molecule has 0 heterocycles. The molecule has 0 spiro atoms. The maximum Gasteiger partial charge on any atom is 0.302 e. The predicted molar refractivity (Wildman–Crippen MR) is 75.7 cm³/mol. The summed E-state index contributed by atoms with van der Waals surface area (Å²) in [5.41, 5.74) is 0. The first-order valence-electron chi connectivity index (χ1n) is 6.50.